The van der Waals surface area contributed by atoms with Crippen LogP contribution in [0.3, 0.4) is 0 Å². The number of unbranched alkanes of at least 4 members (excludes halogenated alkanes) is 1. The van der Waals surface area contributed by atoms with E-state index >= 15 is 0 Å². The third-order valence-corrected chi connectivity index (χ3v) is 6.67. The Hall–Kier alpha value is -3.32. The molecule has 0 bridgehead atoms. The van der Waals surface area contributed by atoms with Crippen molar-refractivity contribution in [3.8, 4) is 5.75 Å². The normalized spacial score (nSPS) is 14.1. The molecule has 3 heterocycles. The number of carbonyl (C=O) groups excluding carboxylic acids is 2. The molecular formula is C27H25BrN2O4. The number of hydrogen-bond donors (Lipinski definition) is 1. The van der Waals surface area contributed by atoms with Crippen molar-refractivity contribution in [1.29, 1.82) is 0 Å². The lowest BCUT2D eigenvalue weighted by atomic mass is 9.95. The summed E-state index contributed by atoms with van der Waals surface area (Å²) in [7, 11) is 0. The molecule has 0 unspecified atom stereocenters. The van der Waals surface area contributed by atoms with Gasteiger partial charge in [0.05, 0.1) is 24.0 Å². The average molecular weight is 521 g/mol. The lowest BCUT2D eigenvalue weighted by Crippen LogP contribution is -2.22. The predicted octanol–water partition coefficient (Wildman–Crippen LogP) is 6.09. The Morgan fingerprint density at radius 1 is 1.03 bits per heavy atom. The molecule has 6 nitrogen and oxygen atoms in total. The van der Waals surface area contributed by atoms with Crippen LogP contribution >= 0.6 is 15.9 Å². The third kappa shape index (κ3) is 3.84. The highest BCUT2D eigenvalue weighted by Crippen LogP contribution is 2.40. The van der Waals surface area contributed by atoms with Gasteiger partial charge in [0.25, 0.3) is 11.8 Å². The van der Waals surface area contributed by atoms with Crippen molar-refractivity contribution >= 4 is 60.8 Å². The zero-order valence-electron chi connectivity index (χ0n) is 19.1. The van der Waals surface area contributed by atoms with Crippen molar-refractivity contribution in [2.45, 2.75) is 32.7 Å². The van der Waals surface area contributed by atoms with Crippen LogP contribution in [0.2, 0.25) is 0 Å². The molecule has 34 heavy (non-hydrogen) atoms. The number of nitrogens with one attached hydrogen (secondary N) is 1. The summed E-state index contributed by atoms with van der Waals surface area (Å²) in [4.78, 5) is 26.1. The van der Waals surface area contributed by atoms with E-state index < -0.39 is 11.8 Å². The maximum absolute atomic E-state index is 13.1. The summed E-state index contributed by atoms with van der Waals surface area (Å²) < 4.78 is 13.8. The first-order chi connectivity index (χ1) is 16.5. The van der Waals surface area contributed by atoms with E-state index in [0.29, 0.717) is 34.5 Å². The molecule has 0 spiro atoms. The number of para-hydroxylation sites is 1. The number of alkyl halides is 1. The molecule has 2 amide bonds. The summed E-state index contributed by atoms with van der Waals surface area (Å²) in [5.74, 6) is -0.0867. The van der Waals surface area contributed by atoms with Gasteiger partial charge in [0.1, 0.15) is 11.3 Å². The Morgan fingerprint density at radius 3 is 2.59 bits per heavy atom. The fourth-order valence-electron chi connectivity index (χ4n) is 4.50. The van der Waals surface area contributed by atoms with E-state index in [0.717, 1.165) is 40.2 Å². The molecule has 1 N–H and O–H groups in total. The van der Waals surface area contributed by atoms with Crippen LogP contribution < -0.4 is 10.1 Å². The summed E-state index contributed by atoms with van der Waals surface area (Å²) in [5.41, 5.74) is 3.56. The number of imide groups is 1. The third-order valence-electron chi connectivity index (χ3n) is 6.11. The second-order valence-electron chi connectivity index (χ2n) is 8.65. The van der Waals surface area contributed by atoms with E-state index in [-0.39, 0.29) is 6.04 Å². The molecular weight excluding hydrogens is 496 g/mol. The SMILES string of the molecule is CC(C)n1cc(C2=C(c3cccc4ccoc34)C(=O)NC2=O)c2cc(OCCCCBr)ccc21. The highest BCUT2D eigenvalue weighted by atomic mass is 79.9. The first-order valence-electron chi connectivity index (χ1n) is 11.4. The van der Waals surface area contributed by atoms with Crippen molar-refractivity contribution in [2.75, 3.05) is 11.9 Å². The fraction of sp³-hybridized carbons (Fsp3) is 0.259. The molecule has 174 valence electrons. The minimum atomic E-state index is -0.420. The van der Waals surface area contributed by atoms with Crippen LogP contribution in [0, 0.1) is 0 Å². The quantitative estimate of drug-likeness (QED) is 0.173. The summed E-state index contributed by atoms with van der Waals surface area (Å²) in [5, 5.41) is 5.19. The standard InChI is InChI=1S/C27H25BrN2O4/c1-16(2)30-15-21(20-14-18(8-9-22(20)30)33-12-4-3-11-28)24-23(26(31)29-27(24)32)19-7-5-6-17-10-13-34-25(17)19/h5-10,13-16H,3-4,11-12H2,1-2H3,(H,29,31,32). The molecule has 0 atom stereocenters. The zero-order chi connectivity index (χ0) is 23.8. The fourth-order valence-corrected chi connectivity index (χ4v) is 4.89. The van der Waals surface area contributed by atoms with Crippen LogP contribution in [0.1, 0.15) is 43.9 Å². The maximum Gasteiger partial charge on any atom is 0.259 e. The minimum absolute atomic E-state index is 0.166. The van der Waals surface area contributed by atoms with Gasteiger partial charge in [0.2, 0.25) is 0 Å². The van der Waals surface area contributed by atoms with Gasteiger partial charge in [-0.1, -0.05) is 34.1 Å². The van der Waals surface area contributed by atoms with Crippen molar-refractivity contribution in [1.82, 2.24) is 9.88 Å². The van der Waals surface area contributed by atoms with Gasteiger partial charge in [-0.2, -0.15) is 0 Å². The number of aromatic nitrogens is 1. The number of amides is 2. The molecule has 2 aromatic heterocycles. The van der Waals surface area contributed by atoms with Crippen LogP contribution in [-0.4, -0.2) is 28.3 Å². The summed E-state index contributed by atoms with van der Waals surface area (Å²) in [6.07, 6.45) is 5.53. The van der Waals surface area contributed by atoms with E-state index in [1.165, 1.54) is 0 Å². The maximum atomic E-state index is 13.1. The van der Waals surface area contributed by atoms with Crippen LogP contribution in [-0.2, 0) is 9.59 Å². The topological polar surface area (TPSA) is 73.5 Å². The molecule has 0 aliphatic carbocycles. The average Bonchev–Trinajstić information content (AvgIpc) is 3.51. The van der Waals surface area contributed by atoms with E-state index in [2.05, 4.69) is 39.7 Å². The lowest BCUT2D eigenvalue weighted by molar-refractivity contribution is -0.122. The number of fused-ring (bicyclic) bond motifs is 2. The molecule has 0 saturated heterocycles. The predicted molar refractivity (Wildman–Crippen MR) is 137 cm³/mol. The number of rotatable bonds is 8. The lowest BCUT2D eigenvalue weighted by Gasteiger charge is -2.10. The molecule has 0 saturated carbocycles. The monoisotopic (exact) mass is 520 g/mol. The van der Waals surface area contributed by atoms with Gasteiger partial charge in [0, 0.05) is 45.0 Å². The van der Waals surface area contributed by atoms with Crippen molar-refractivity contribution in [3.05, 3.63) is 66.1 Å². The van der Waals surface area contributed by atoms with Gasteiger partial charge in [-0.15, -0.1) is 0 Å². The Labute approximate surface area is 205 Å². The molecule has 0 fully saturated rings. The van der Waals surface area contributed by atoms with E-state index in [1.807, 2.05) is 48.7 Å². The summed E-state index contributed by atoms with van der Waals surface area (Å²) >= 11 is 3.44. The molecule has 2 aromatic carbocycles. The van der Waals surface area contributed by atoms with Gasteiger partial charge < -0.3 is 13.7 Å². The number of nitrogens with zero attached hydrogens (tertiary/aromatic N) is 1. The van der Waals surface area contributed by atoms with Crippen molar-refractivity contribution in [3.63, 3.8) is 0 Å². The minimum Gasteiger partial charge on any atom is -0.494 e. The largest absolute Gasteiger partial charge is 0.494 e. The highest BCUT2D eigenvalue weighted by molar-refractivity contribution is 9.09. The van der Waals surface area contributed by atoms with Crippen molar-refractivity contribution in [2.24, 2.45) is 0 Å². The Kier molecular flexibility index (Phi) is 6.04. The van der Waals surface area contributed by atoms with Crippen LogP contribution in [0.15, 0.2) is 59.3 Å². The molecule has 1 aliphatic rings. The number of ether oxygens (including phenoxy) is 1. The number of benzene rings is 2. The highest BCUT2D eigenvalue weighted by Gasteiger charge is 2.35. The Bertz CT molecular complexity index is 1440. The summed E-state index contributed by atoms with van der Waals surface area (Å²) in [6.45, 7) is 4.80. The molecule has 0 radical (unpaired) electrons. The smallest absolute Gasteiger partial charge is 0.259 e. The van der Waals surface area contributed by atoms with Gasteiger partial charge in [-0.05, 0) is 51.0 Å². The number of hydrogen-bond acceptors (Lipinski definition) is 4. The molecule has 5 rings (SSSR count). The molecule has 7 heteroatoms. The second-order valence-corrected chi connectivity index (χ2v) is 9.44. The molecule has 4 aromatic rings. The summed E-state index contributed by atoms with van der Waals surface area (Å²) in [6, 6.07) is 13.5. The van der Waals surface area contributed by atoms with Gasteiger partial charge >= 0.3 is 0 Å². The zero-order valence-corrected chi connectivity index (χ0v) is 20.6. The van der Waals surface area contributed by atoms with Crippen LogP contribution in [0.5, 0.6) is 5.75 Å². The van der Waals surface area contributed by atoms with E-state index in [9.17, 15) is 9.59 Å². The number of furan rings is 1. The first kappa shape index (κ1) is 22.5. The van der Waals surface area contributed by atoms with E-state index in [1.54, 1.807) is 6.26 Å². The molecule has 1 aliphatic heterocycles. The second kappa shape index (κ2) is 9.14. The Morgan fingerprint density at radius 2 is 1.82 bits per heavy atom. The van der Waals surface area contributed by atoms with E-state index in [4.69, 9.17) is 9.15 Å². The van der Waals surface area contributed by atoms with Crippen LogP contribution in [0.4, 0.5) is 0 Å². The van der Waals surface area contributed by atoms with Gasteiger partial charge in [0.15, 0.2) is 0 Å². The van der Waals surface area contributed by atoms with Crippen LogP contribution in [0.25, 0.3) is 33.0 Å². The number of halogens is 1. The number of carbonyl (C=O) groups is 2. The first-order valence-corrected chi connectivity index (χ1v) is 12.5. The Balaban J connectivity index is 1.71. The van der Waals surface area contributed by atoms with Gasteiger partial charge in [-0.25, -0.2) is 0 Å². The van der Waals surface area contributed by atoms with Gasteiger partial charge in [-0.3, -0.25) is 14.9 Å². The van der Waals surface area contributed by atoms with Crippen molar-refractivity contribution < 1.29 is 18.7 Å².